The largest absolute Gasteiger partial charge is 0.461 e. The summed E-state index contributed by atoms with van der Waals surface area (Å²) >= 11 is 0. The Morgan fingerprint density at radius 1 is 1.19 bits per heavy atom. The van der Waals surface area contributed by atoms with E-state index in [0.717, 1.165) is 4.90 Å². The quantitative estimate of drug-likeness (QED) is 0.760. The zero-order valence-corrected chi connectivity index (χ0v) is 15.8. The van der Waals surface area contributed by atoms with Crippen LogP contribution in [0.1, 0.15) is 33.3 Å². The average Bonchev–Trinajstić information content (AvgIpc) is 2.97. The van der Waals surface area contributed by atoms with Gasteiger partial charge < -0.3 is 9.47 Å². The van der Waals surface area contributed by atoms with Crippen molar-refractivity contribution < 1.29 is 19.1 Å². The highest BCUT2D eigenvalue weighted by atomic mass is 16.6. The van der Waals surface area contributed by atoms with Crippen molar-refractivity contribution in [3.8, 4) is 12.1 Å². The Labute approximate surface area is 158 Å². The standard InChI is InChI=1S/C20H21N3O4/c1-5-26-17(24)16-15(14-9-7-6-8-10-14)20(11-21,12-22)13-23(16)18(25)27-19(2,3)4/h6-10H,5,13H2,1-4H3. The van der Waals surface area contributed by atoms with Crippen molar-refractivity contribution in [2.75, 3.05) is 13.2 Å². The number of esters is 1. The molecule has 7 heteroatoms. The molecule has 7 nitrogen and oxygen atoms in total. The van der Waals surface area contributed by atoms with Crippen molar-refractivity contribution in [1.82, 2.24) is 4.90 Å². The van der Waals surface area contributed by atoms with Crippen LogP contribution in [0, 0.1) is 28.1 Å². The number of rotatable bonds is 3. The first kappa shape index (κ1) is 20.0. The molecule has 0 atom stereocenters. The molecule has 140 valence electrons. The molecule has 0 saturated carbocycles. The Hall–Kier alpha value is -3.32. The fourth-order valence-corrected chi connectivity index (χ4v) is 2.81. The van der Waals surface area contributed by atoms with E-state index in [1.54, 1.807) is 58.0 Å². The van der Waals surface area contributed by atoms with Crippen molar-refractivity contribution in [3.05, 3.63) is 41.6 Å². The smallest absolute Gasteiger partial charge is 0.415 e. The van der Waals surface area contributed by atoms with Crippen LogP contribution in [0.2, 0.25) is 0 Å². The summed E-state index contributed by atoms with van der Waals surface area (Å²) in [5, 5.41) is 19.5. The van der Waals surface area contributed by atoms with E-state index in [-0.39, 0.29) is 24.4 Å². The lowest BCUT2D eigenvalue weighted by atomic mass is 9.80. The summed E-state index contributed by atoms with van der Waals surface area (Å²) in [7, 11) is 0. The first-order valence-electron chi connectivity index (χ1n) is 8.49. The van der Waals surface area contributed by atoms with Crippen LogP contribution < -0.4 is 0 Å². The second-order valence-corrected chi connectivity index (χ2v) is 7.01. The zero-order valence-electron chi connectivity index (χ0n) is 15.8. The number of benzene rings is 1. The van der Waals surface area contributed by atoms with Gasteiger partial charge in [0.1, 0.15) is 11.3 Å². The molecule has 1 aliphatic rings. The predicted octanol–water partition coefficient (Wildman–Crippen LogP) is 3.25. The van der Waals surface area contributed by atoms with E-state index in [1.807, 2.05) is 12.1 Å². The molecule has 27 heavy (non-hydrogen) atoms. The Morgan fingerprint density at radius 2 is 1.78 bits per heavy atom. The fraction of sp³-hybridized carbons (Fsp3) is 0.400. The minimum atomic E-state index is -1.71. The molecule has 1 amide bonds. The minimum Gasteiger partial charge on any atom is -0.461 e. The van der Waals surface area contributed by atoms with Gasteiger partial charge in [-0.2, -0.15) is 10.5 Å². The van der Waals surface area contributed by atoms with Crippen molar-refractivity contribution >= 4 is 17.6 Å². The molecule has 0 aromatic heterocycles. The minimum absolute atomic E-state index is 0.0820. The van der Waals surface area contributed by atoms with Crippen molar-refractivity contribution in [3.63, 3.8) is 0 Å². The molecular formula is C20H21N3O4. The summed E-state index contributed by atoms with van der Waals surface area (Å²) < 4.78 is 10.5. The molecule has 1 aliphatic heterocycles. The normalized spacial score (nSPS) is 15.7. The van der Waals surface area contributed by atoms with Crippen LogP contribution in [0.3, 0.4) is 0 Å². The molecule has 0 saturated heterocycles. The van der Waals surface area contributed by atoms with Crippen LogP contribution in [-0.4, -0.2) is 35.7 Å². The fourth-order valence-electron chi connectivity index (χ4n) is 2.81. The van der Waals surface area contributed by atoms with E-state index >= 15 is 0 Å². The van der Waals surface area contributed by atoms with Gasteiger partial charge in [0.15, 0.2) is 5.41 Å². The maximum atomic E-state index is 12.7. The lowest BCUT2D eigenvalue weighted by Gasteiger charge is -2.25. The Kier molecular flexibility index (Phi) is 5.56. The van der Waals surface area contributed by atoms with Gasteiger partial charge >= 0.3 is 12.1 Å². The summed E-state index contributed by atoms with van der Waals surface area (Å²) in [6.07, 6.45) is -0.814. The van der Waals surface area contributed by atoms with Crippen LogP contribution >= 0.6 is 0 Å². The van der Waals surface area contributed by atoms with E-state index in [0.29, 0.717) is 5.56 Å². The number of amides is 1. The van der Waals surface area contributed by atoms with Gasteiger partial charge in [-0.25, -0.2) is 9.59 Å². The molecule has 2 rings (SSSR count). The highest BCUT2D eigenvalue weighted by Crippen LogP contribution is 2.45. The van der Waals surface area contributed by atoms with Crippen molar-refractivity contribution in [2.24, 2.45) is 5.41 Å². The molecule has 0 radical (unpaired) electrons. The molecule has 1 heterocycles. The predicted molar refractivity (Wildman–Crippen MR) is 96.6 cm³/mol. The number of ether oxygens (including phenoxy) is 2. The zero-order chi connectivity index (χ0) is 20.2. The third-order valence-electron chi connectivity index (χ3n) is 3.86. The molecule has 0 N–H and O–H groups in total. The SMILES string of the molecule is CCOC(=O)C1=C(c2ccccc2)C(C#N)(C#N)CN1C(=O)OC(C)(C)C. The molecule has 0 bridgehead atoms. The van der Waals surface area contributed by atoms with Gasteiger partial charge in [0.25, 0.3) is 0 Å². The van der Waals surface area contributed by atoms with Crippen molar-refractivity contribution in [1.29, 1.82) is 10.5 Å². The summed E-state index contributed by atoms with van der Waals surface area (Å²) in [4.78, 5) is 26.4. The van der Waals surface area contributed by atoms with Gasteiger partial charge in [0, 0.05) is 5.57 Å². The van der Waals surface area contributed by atoms with Gasteiger partial charge in [-0.15, -0.1) is 0 Å². The lowest BCUT2D eigenvalue weighted by Crippen LogP contribution is -2.39. The average molecular weight is 367 g/mol. The monoisotopic (exact) mass is 367 g/mol. The third kappa shape index (κ3) is 3.93. The summed E-state index contributed by atoms with van der Waals surface area (Å²) in [6.45, 7) is 6.47. The number of hydrogen-bond acceptors (Lipinski definition) is 6. The number of nitriles is 2. The second-order valence-electron chi connectivity index (χ2n) is 7.01. The van der Waals surface area contributed by atoms with E-state index < -0.39 is 23.1 Å². The van der Waals surface area contributed by atoms with E-state index in [1.165, 1.54) is 0 Å². The van der Waals surface area contributed by atoms with Gasteiger partial charge in [0.2, 0.25) is 0 Å². The Morgan fingerprint density at radius 3 is 2.26 bits per heavy atom. The van der Waals surface area contributed by atoms with Crippen LogP contribution in [0.4, 0.5) is 4.79 Å². The number of hydrogen-bond donors (Lipinski definition) is 0. The molecule has 1 aromatic rings. The van der Waals surface area contributed by atoms with Crippen LogP contribution in [0.15, 0.2) is 36.0 Å². The summed E-state index contributed by atoms with van der Waals surface area (Å²) in [5.74, 6) is -0.783. The maximum absolute atomic E-state index is 12.7. The van der Waals surface area contributed by atoms with Crippen LogP contribution in [0.25, 0.3) is 5.57 Å². The van der Waals surface area contributed by atoms with E-state index in [4.69, 9.17) is 9.47 Å². The highest BCUT2D eigenvalue weighted by molar-refractivity contribution is 6.04. The topological polar surface area (TPSA) is 103 Å². The first-order chi connectivity index (χ1) is 12.7. The van der Waals surface area contributed by atoms with E-state index in [9.17, 15) is 20.1 Å². The van der Waals surface area contributed by atoms with Crippen molar-refractivity contribution in [2.45, 2.75) is 33.3 Å². The van der Waals surface area contributed by atoms with Gasteiger partial charge in [-0.1, -0.05) is 30.3 Å². The maximum Gasteiger partial charge on any atom is 0.415 e. The molecule has 0 unspecified atom stereocenters. The molecule has 0 fully saturated rings. The molecular weight excluding hydrogens is 346 g/mol. The van der Waals surface area contributed by atoms with E-state index in [2.05, 4.69) is 0 Å². The Bertz CT molecular complexity index is 840. The Balaban J connectivity index is 2.72. The molecule has 0 spiro atoms. The summed E-state index contributed by atoms with van der Waals surface area (Å²) in [6, 6.07) is 12.5. The van der Waals surface area contributed by atoms with Gasteiger partial charge in [-0.3, -0.25) is 4.90 Å². The van der Waals surface area contributed by atoms with Gasteiger partial charge in [0.05, 0.1) is 25.3 Å². The lowest BCUT2D eigenvalue weighted by molar-refractivity contribution is -0.140. The number of nitrogens with zero attached hydrogens (tertiary/aromatic N) is 3. The van der Waals surface area contributed by atoms with Crippen LogP contribution in [-0.2, 0) is 14.3 Å². The highest BCUT2D eigenvalue weighted by Gasteiger charge is 2.52. The molecule has 1 aromatic carbocycles. The number of carbonyl (C=O) groups excluding carboxylic acids is 2. The summed E-state index contributed by atoms with van der Waals surface area (Å²) in [5.41, 5.74) is -2.01. The molecule has 0 aliphatic carbocycles. The van der Waals surface area contributed by atoms with Crippen LogP contribution in [0.5, 0.6) is 0 Å². The second kappa shape index (κ2) is 7.51. The number of carbonyl (C=O) groups is 2. The first-order valence-corrected chi connectivity index (χ1v) is 8.49. The van der Waals surface area contributed by atoms with Gasteiger partial charge in [-0.05, 0) is 33.3 Å². The third-order valence-corrected chi connectivity index (χ3v) is 3.86.